The van der Waals surface area contributed by atoms with Crippen LogP contribution in [-0.2, 0) is 4.74 Å². The Hall–Kier alpha value is -4.15. The molecule has 0 unspecified atom stereocenters. The maximum Gasteiger partial charge on any atom is 0.248 e. The fourth-order valence-electron chi connectivity index (χ4n) is 3.75. The molecule has 3 aromatic rings. The van der Waals surface area contributed by atoms with Crippen molar-refractivity contribution in [1.29, 1.82) is 0 Å². The van der Waals surface area contributed by atoms with Crippen molar-refractivity contribution in [3.05, 3.63) is 64.7 Å². The van der Waals surface area contributed by atoms with E-state index in [9.17, 15) is 9.59 Å². The lowest BCUT2D eigenvalue weighted by Gasteiger charge is -2.28. The lowest BCUT2D eigenvalue weighted by molar-refractivity contribution is 0.0999. The Kier molecular flexibility index (Phi) is 7.67. The number of halogens is 1. The number of nitrogens with one attached hydrogen (secondary N) is 1. The van der Waals surface area contributed by atoms with Gasteiger partial charge in [-0.3, -0.25) is 9.59 Å². The predicted octanol–water partition coefficient (Wildman–Crippen LogP) is 3.22. The van der Waals surface area contributed by atoms with Gasteiger partial charge < -0.3 is 31.2 Å². The first-order valence-corrected chi connectivity index (χ1v) is 11.5. The lowest BCUT2D eigenvalue weighted by atomic mass is 10.1. The predicted molar refractivity (Wildman–Crippen MR) is 140 cm³/mol. The second-order valence-electron chi connectivity index (χ2n) is 7.93. The molecule has 4 rings (SSSR count). The maximum absolute atomic E-state index is 11.5. The van der Waals surface area contributed by atoms with Gasteiger partial charge in [0.15, 0.2) is 12.5 Å². The molecule has 0 aliphatic carbocycles. The molecule has 0 atom stereocenters. The molecule has 2 heterocycles. The highest BCUT2D eigenvalue weighted by Gasteiger charge is 2.15. The van der Waals surface area contributed by atoms with Crippen LogP contribution in [0, 0.1) is 0 Å². The number of hydrogen-bond acceptors (Lipinski definition) is 8. The Morgan fingerprint density at radius 1 is 1.08 bits per heavy atom. The van der Waals surface area contributed by atoms with Gasteiger partial charge in [-0.25, -0.2) is 9.98 Å². The van der Waals surface area contributed by atoms with E-state index >= 15 is 0 Å². The number of amides is 2. The quantitative estimate of drug-likeness (QED) is 0.297. The number of nitrogens with two attached hydrogens (primary N) is 2. The molecule has 0 radical (unpaired) electrons. The van der Waals surface area contributed by atoms with Gasteiger partial charge in [-0.15, -0.1) is 0 Å². The number of pyridine rings is 1. The average Bonchev–Trinajstić information content (AvgIpc) is 2.89. The molecule has 5 N–H and O–H groups in total. The molecule has 0 spiro atoms. The molecule has 36 heavy (non-hydrogen) atoms. The third-order valence-corrected chi connectivity index (χ3v) is 5.89. The maximum atomic E-state index is 11.5. The van der Waals surface area contributed by atoms with E-state index in [1.807, 2.05) is 24.3 Å². The SMILES string of the molecule is C=Nc1nc(-c2ccc(N3CCOCC3)cc2)c(Cl)cc1NCOc1cc(C(N)=O)cc(C(N)=O)c1. The first-order chi connectivity index (χ1) is 17.4. The number of morpholine rings is 1. The third-order valence-electron chi connectivity index (χ3n) is 5.60. The number of nitrogens with zero attached hydrogens (tertiary/aromatic N) is 3. The van der Waals surface area contributed by atoms with Crippen LogP contribution in [0.3, 0.4) is 0 Å². The van der Waals surface area contributed by atoms with Gasteiger partial charge in [0.05, 0.1) is 29.6 Å². The molecule has 2 aromatic carbocycles. The molecule has 1 aromatic heterocycles. The van der Waals surface area contributed by atoms with Crippen molar-refractivity contribution >= 4 is 47.3 Å². The number of anilines is 2. The van der Waals surface area contributed by atoms with Crippen LogP contribution < -0.4 is 26.4 Å². The van der Waals surface area contributed by atoms with Gasteiger partial charge in [-0.1, -0.05) is 23.7 Å². The Bertz CT molecular complexity index is 1260. The molecule has 186 valence electrons. The van der Waals surface area contributed by atoms with Crippen LogP contribution in [-0.4, -0.2) is 56.5 Å². The van der Waals surface area contributed by atoms with E-state index in [0.29, 0.717) is 35.4 Å². The fraction of sp³-hybridized carbons (Fsp3) is 0.200. The van der Waals surface area contributed by atoms with Gasteiger partial charge >= 0.3 is 0 Å². The summed E-state index contributed by atoms with van der Waals surface area (Å²) in [5.41, 5.74) is 13.9. The topological polar surface area (TPSA) is 145 Å². The van der Waals surface area contributed by atoms with Crippen LogP contribution in [0.15, 0.2) is 53.5 Å². The van der Waals surface area contributed by atoms with Crippen LogP contribution in [0.4, 0.5) is 17.2 Å². The van der Waals surface area contributed by atoms with Crippen molar-refractivity contribution in [3.63, 3.8) is 0 Å². The number of primary amides is 2. The first kappa shape index (κ1) is 25.0. The average molecular weight is 509 g/mol. The largest absolute Gasteiger partial charge is 0.473 e. The van der Waals surface area contributed by atoms with Gasteiger partial charge in [0.2, 0.25) is 11.8 Å². The summed E-state index contributed by atoms with van der Waals surface area (Å²) in [6, 6.07) is 13.8. The number of hydrogen-bond donors (Lipinski definition) is 3. The highest BCUT2D eigenvalue weighted by molar-refractivity contribution is 6.33. The Labute approximate surface area is 212 Å². The summed E-state index contributed by atoms with van der Waals surface area (Å²) in [6.45, 7) is 6.68. The number of carbonyl (C=O) groups is 2. The second-order valence-corrected chi connectivity index (χ2v) is 8.34. The Morgan fingerprint density at radius 3 is 2.31 bits per heavy atom. The molecule has 2 amide bonds. The second kappa shape index (κ2) is 11.1. The number of ether oxygens (including phenoxy) is 2. The minimum atomic E-state index is -0.710. The first-order valence-electron chi connectivity index (χ1n) is 11.1. The van der Waals surface area contributed by atoms with Crippen LogP contribution >= 0.6 is 11.6 Å². The standard InChI is InChI=1S/C25H25ClN6O4/c1-29-25-21(30-14-36-19-11-16(23(27)33)10-17(12-19)24(28)34)13-20(26)22(31-25)15-2-4-18(5-3-15)32-6-8-35-9-7-32/h2-5,10-13,30H,1,6-9,14H2,(H2,27,33)(H2,28,34). The van der Waals surface area contributed by atoms with Crippen LogP contribution in [0.2, 0.25) is 5.02 Å². The molecule has 1 fully saturated rings. The van der Waals surface area contributed by atoms with Crippen LogP contribution in [0.1, 0.15) is 20.7 Å². The van der Waals surface area contributed by atoms with Crippen molar-refractivity contribution < 1.29 is 19.1 Å². The minimum Gasteiger partial charge on any atom is -0.473 e. The molecular formula is C25H25ClN6O4. The van der Waals surface area contributed by atoms with Crippen LogP contribution in [0.5, 0.6) is 5.75 Å². The normalized spacial score (nSPS) is 13.2. The lowest BCUT2D eigenvalue weighted by Crippen LogP contribution is -2.36. The van der Waals surface area contributed by atoms with E-state index in [-0.39, 0.29) is 23.6 Å². The third kappa shape index (κ3) is 5.73. The summed E-state index contributed by atoms with van der Waals surface area (Å²) in [5.74, 6) is -0.854. The highest BCUT2D eigenvalue weighted by atomic mass is 35.5. The zero-order valence-corrected chi connectivity index (χ0v) is 20.1. The van der Waals surface area contributed by atoms with Crippen molar-refractivity contribution in [3.8, 4) is 17.0 Å². The minimum absolute atomic E-state index is 0.0471. The number of benzene rings is 2. The summed E-state index contributed by atoms with van der Waals surface area (Å²) in [6.07, 6.45) is 0. The van der Waals surface area contributed by atoms with Crippen molar-refractivity contribution in [2.75, 3.05) is 43.3 Å². The van der Waals surface area contributed by atoms with Gasteiger partial charge in [-0.2, -0.15) is 0 Å². The number of aliphatic imine (C=N–C) groups is 1. The molecule has 0 bridgehead atoms. The zero-order valence-electron chi connectivity index (χ0n) is 19.4. The van der Waals surface area contributed by atoms with Gasteiger partial charge in [0.25, 0.3) is 0 Å². The summed E-state index contributed by atoms with van der Waals surface area (Å²) in [5, 5.41) is 3.44. The summed E-state index contributed by atoms with van der Waals surface area (Å²) in [7, 11) is 0. The van der Waals surface area contributed by atoms with Gasteiger partial charge in [0.1, 0.15) is 5.75 Å². The summed E-state index contributed by atoms with van der Waals surface area (Å²) >= 11 is 6.55. The molecule has 1 aliphatic rings. The molecule has 10 nitrogen and oxygen atoms in total. The van der Waals surface area contributed by atoms with E-state index in [2.05, 4.69) is 26.9 Å². The summed E-state index contributed by atoms with van der Waals surface area (Å²) in [4.78, 5) is 33.9. The van der Waals surface area contributed by atoms with Gasteiger partial charge in [-0.05, 0) is 43.1 Å². The van der Waals surface area contributed by atoms with Gasteiger partial charge in [0, 0.05) is 35.5 Å². The monoisotopic (exact) mass is 508 g/mol. The Balaban J connectivity index is 1.49. The number of carbonyl (C=O) groups excluding carboxylic acids is 2. The number of rotatable bonds is 9. The van der Waals surface area contributed by atoms with Crippen molar-refractivity contribution in [2.24, 2.45) is 16.5 Å². The van der Waals surface area contributed by atoms with Crippen LogP contribution in [0.25, 0.3) is 11.3 Å². The van der Waals surface area contributed by atoms with Crippen molar-refractivity contribution in [2.45, 2.75) is 0 Å². The van der Waals surface area contributed by atoms with Crippen molar-refractivity contribution in [1.82, 2.24) is 4.98 Å². The van der Waals surface area contributed by atoms with E-state index in [4.69, 9.17) is 32.5 Å². The Morgan fingerprint density at radius 2 is 1.72 bits per heavy atom. The molecule has 0 saturated carbocycles. The fourth-order valence-corrected chi connectivity index (χ4v) is 4.01. The zero-order chi connectivity index (χ0) is 25.7. The number of aromatic nitrogens is 1. The van der Waals surface area contributed by atoms with E-state index in [0.717, 1.165) is 24.3 Å². The highest BCUT2D eigenvalue weighted by Crippen LogP contribution is 2.34. The molecule has 1 aliphatic heterocycles. The van der Waals surface area contributed by atoms with E-state index in [1.165, 1.54) is 18.2 Å². The van der Waals surface area contributed by atoms with E-state index < -0.39 is 11.8 Å². The smallest absolute Gasteiger partial charge is 0.248 e. The van der Waals surface area contributed by atoms with E-state index in [1.54, 1.807) is 6.07 Å². The summed E-state index contributed by atoms with van der Waals surface area (Å²) < 4.78 is 11.1. The molecule has 11 heteroatoms. The molecule has 1 saturated heterocycles. The molecular weight excluding hydrogens is 484 g/mol.